The van der Waals surface area contributed by atoms with Crippen molar-refractivity contribution < 1.29 is 14.3 Å². The summed E-state index contributed by atoms with van der Waals surface area (Å²) in [6.07, 6.45) is 4.61. The minimum Gasteiger partial charge on any atom is -0.453 e. The molecule has 2 aliphatic rings. The molecule has 0 bridgehead atoms. The lowest BCUT2D eigenvalue weighted by atomic mass is 10.0. The maximum Gasteiger partial charge on any atom is 0.407 e. The summed E-state index contributed by atoms with van der Waals surface area (Å²) in [5.41, 5.74) is 10.5. The van der Waals surface area contributed by atoms with Crippen LogP contribution in [0.2, 0.25) is 0 Å². The lowest BCUT2D eigenvalue weighted by molar-refractivity contribution is -0.121. The monoisotopic (exact) mass is 677 g/mol. The molecule has 2 aliphatic heterocycles. The van der Waals surface area contributed by atoms with Crippen LogP contribution in [0, 0.1) is 5.92 Å². The second-order valence-electron chi connectivity index (χ2n) is 13.5. The number of hydrogen-bond acceptors (Lipinski definition) is 6. The standard InChI is InChI=1S/C41H39N7O3/c1-24(2)37(47-41(50)51-3)40(49)48-35-11-7-5-9-30(35)21-36(48)39-43-23-34(46-39)28-18-14-26(15-19-28)25-12-16-27(17-13-25)33-22-42-38(45-33)32-20-29-8-4-6-10-31(29)44-32/h4-19,22-24,32,36-37,44H,20-21H2,1-3H3,(H,42,45)(H,43,46)(H,47,50)/t32-,36-,37?/m0/s1. The van der Waals surface area contributed by atoms with Gasteiger partial charge in [-0.3, -0.25) is 9.69 Å². The van der Waals surface area contributed by atoms with Crippen LogP contribution < -0.4 is 15.5 Å². The van der Waals surface area contributed by atoms with Crippen molar-refractivity contribution in [3.63, 3.8) is 0 Å². The lowest BCUT2D eigenvalue weighted by Crippen LogP contribution is -2.51. The minimum absolute atomic E-state index is 0.142. The van der Waals surface area contributed by atoms with Gasteiger partial charge in [0.25, 0.3) is 5.91 Å². The van der Waals surface area contributed by atoms with Crippen LogP contribution in [0.3, 0.4) is 0 Å². The maximum atomic E-state index is 14.0. The molecule has 4 heterocycles. The Morgan fingerprint density at radius 3 is 1.94 bits per heavy atom. The van der Waals surface area contributed by atoms with E-state index in [-0.39, 0.29) is 23.9 Å². The van der Waals surface area contributed by atoms with Crippen molar-refractivity contribution in [1.29, 1.82) is 0 Å². The molecular weight excluding hydrogens is 638 g/mol. The second-order valence-corrected chi connectivity index (χ2v) is 13.5. The van der Waals surface area contributed by atoms with Gasteiger partial charge in [-0.1, -0.05) is 98.8 Å². The number of carbonyl (C=O) groups is 2. The fourth-order valence-corrected chi connectivity index (χ4v) is 7.19. The molecule has 0 radical (unpaired) electrons. The van der Waals surface area contributed by atoms with Gasteiger partial charge in [0.15, 0.2) is 0 Å². The Balaban J connectivity index is 0.975. The summed E-state index contributed by atoms with van der Waals surface area (Å²) in [6, 6.07) is 32.2. The zero-order chi connectivity index (χ0) is 35.1. The van der Waals surface area contributed by atoms with Crippen LogP contribution in [0.1, 0.15) is 48.7 Å². The number of nitrogens with zero attached hydrogens (tertiary/aromatic N) is 3. The number of ether oxygens (including phenoxy) is 1. The van der Waals surface area contributed by atoms with Crippen LogP contribution in [-0.2, 0) is 22.4 Å². The van der Waals surface area contributed by atoms with Crippen molar-refractivity contribution in [2.24, 2.45) is 5.92 Å². The number of rotatable bonds is 8. The highest BCUT2D eigenvalue weighted by Gasteiger charge is 2.40. The number of fused-ring (bicyclic) bond motifs is 2. The van der Waals surface area contributed by atoms with E-state index in [2.05, 4.69) is 98.4 Å². The first-order valence-electron chi connectivity index (χ1n) is 17.3. The van der Waals surface area contributed by atoms with Gasteiger partial charge in [0.2, 0.25) is 0 Å². The Bertz CT molecular complexity index is 2180. The van der Waals surface area contributed by atoms with E-state index in [1.54, 1.807) is 4.90 Å². The topological polar surface area (TPSA) is 128 Å². The van der Waals surface area contributed by atoms with Gasteiger partial charge in [-0.05, 0) is 51.4 Å². The van der Waals surface area contributed by atoms with Gasteiger partial charge in [-0.2, -0.15) is 0 Å². The average molecular weight is 678 g/mol. The molecule has 4 N–H and O–H groups in total. The minimum atomic E-state index is -0.758. The van der Waals surface area contributed by atoms with Gasteiger partial charge in [0.1, 0.15) is 17.7 Å². The number of H-pyrrole nitrogens is 2. The third kappa shape index (κ3) is 6.14. The van der Waals surface area contributed by atoms with Gasteiger partial charge in [-0.15, -0.1) is 0 Å². The van der Waals surface area contributed by atoms with Gasteiger partial charge >= 0.3 is 6.09 Å². The number of aromatic amines is 2. The number of anilines is 2. The van der Waals surface area contributed by atoms with Crippen molar-refractivity contribution >= 4 is 23.4 Å². The second kappa shape index (κ2) is 13.3. The summed E-state index contributed by atoms with van der Waals surface area (Å²) in [6.45, 7) is 3.81. The summed E-state index contributed by atoms with van der Waals surface area (Å²) in [5.74, 6) is 1.27. The molecule has 4 aromatic carbocycles. The molecule has 1 unspecified atom stereocenters. The van der Waals surface area contributed by atoms with E-state index >= 15 is 0 Å². The van der Waals surface area contributed by atoms with E-state index in [0.29, 0.717) is 12.2 Å². The Morgan fingerprint density at radius 2 is 1.31 bits per heavy atom. The predicted octanol–water partition coefficient (Wildman–Crippen LogP) is 7.85. The number of aromatic nitrogens is 4. The summed E-state index contributed by atoms with van der Waals surface area (Å²) in [7, 11) is 1.30. The van der Waals surface area contributed by atoms with E-state index in [1.807, 2.05) is 50.5 Å². The SMILES string of the molecule is COC(=O)NC(C(=O)N1c2ccccc2C[C@H]1c1ncc(-c2ccc(-c3ccc(-c4cnc([C@@H]5Cc6ccccc6N5)[nH]4)cc3)cc2)[nH]1)C(C)C. The highest BCUT2D eigenvalue weighted by Crippen LogP contribution is 2.41. The molecular formula is C41H39N7O3. The fraction of sp³-hybridized carbons (Fsp3) is 0.220. The lowest BCUT2D eigenvalue weighted by Gasteiger charge is -2.30. The number of imidazole rings is 2. The number of carbonyl (C=O) groups excluding carboxylic acids is 2. The first-order valence-corrected chi connectivity index (χ1v) is 17.3. The molecule has 10 heteroatoms. The number of nitrogens with one attached hydrogen (secondary N) is 4. The van der Waals surface area contributed by atoms with Crippen molar-refractivity contribution in [3.05, 3.63) is 132 Å². The normalized spacial score (nSPS) is 16.7. The first-order chi connectivity index (χ1) is 24.9. The van der Waals surface area contributed by atoms with Crippen LogP contribution in [0.25, 0.3) is 33.6 Å². The summed E-state index contributed by atoms with van der Waals surface area (Å²) in [4.78, 5) is 44.4. The predicted molar refractivity (Wildman–Crippen MR) is 198 cm³/mol. The summed E-state index contributed by atoms with van der Waals surface area (Å²) in [5, 5.41) is 6.30. The molecule has 3 atom stereocenters. The molecule has 10 nitrogen and oxygen atoms in total. The van der Waals surface area contributed by atoms with E-state index < -0.39 is 12.1 Å². The number of amides is 2. The van der Waals surface area contributed by atoms with Crippen LogP contribution in [0.15, 0.2) is 109 Å². The van der Waals surface area contributed by atoms with Crippen LogP contribution in [0.5, 0.6) is 0 Å². The number of para-hydroxylation sites is 2. The summed E-state index contributed by atoms with van der Waals surface area (Å²) < 4.78 is 4.82. The van der Waals surface area contributed by atoms with Crippen molar-refractivity contribution in [2.45, 2.75) is 44.8 Å². The molecule has 0 fully saturated rings. The zero-order valence-electron chi connectivity index (χ0n) is 28.7. The van der Waals surface area contributed by atoms with Crippen molar-refractivity contribution in [1.82, 2.24) is 25.3 Å². The molecule has 256 valence electrons. The maximum absolute atomic E-state index is 14.0. The van der Waals surface area contributed by atoms with Crippen LogP contribution in [0.4, 0.5) is 16.2 Å². The average Bonchev–Trinajstić information content (AvgIpc) is 3.98. The molecule has 2 amide bonds. The van der Waals surface area contributed by atoms with E-state index in [1.165, 1.54) is 18.4 Å². The van der Waals surface area contributed by atoms with E-state index in [4.69, 9.17) is 9.72 Å². The Morgan fingerprint density at radius 1 is 0.745 bits per heavy atom. The van der Waals surface area contributed by atoms with Crippen molar-refractivity contribution in [3.8, 4) is 33.6 Å². The van der Waals surface area contributed by atoms with Gasteiger partial charge < -0.3 is 25.3 Å². The molecule has 0 saturated carbocycles. The number of hydrogen-bond donors (Lipinski definition) is 4. The number of alkyl carbamates (subject to hydrolysis) is 1. The highest BCUT2D eigenvalue weighted by molar-refractivity contribution is 6.01. The third-order valence-electron chi connectivity index (χ3n) is 9.94. The van der Waals surface area contributed by atoms with Crippen LogP contribution in [-0.4, -0.2) is 45.1 Å². The van der Waals surface area contributed by atoms with Crippen molar-refractivity contribution in [2.75, 3.05) is 17.3 Å². The smallest absolute Gasteiger partial charge is 0.407 e. The van der Waals surface area contributed by atoms with Gasteiger partial charge in [0, 0.05) is 24.2 Å². The molecule has 0 saturated heterocycles. The summed E-state index contributed by atoms with van der Waals surface area (Å²) >= 11 is 0. The quantitative estimate of drug-likeness (QED) is 0.130. The number of benzene rings is 4. The Kier molecular flexibility index (Phi) is 8.35. The van der Waals surface area contributed by atoms with Gasteiger partial charge in [-0.25, -0.2) is 14.8 Å². The highest BCUT2D eigenvalue weighted by atomic mass is 16.5. The number of methoxy groups -OCH3 is 1. The Labute approximate surface area is 296 Å². The van der Waals surface area contributed by atoms with Gasteiger partial charge in [0.05, 0.1) is 43.0 Å². The first kappa shape index (κ1) is 32.1. The third-order valence-corrected chi connectivity index (χ3v) is 9.94. The molecule has 0 aliphatic carbocycles. The van der Waals surface area contributed by atoms with E-state index in [0.717, 1.165) is 57.1 Å². The molecule has 8 rings (SSSR count). The zero-order valence-corrected chi connectivity index (χ0v) is 28.7. The Hall–Kier alpha value is -6.16. The molecule has 6 aromatic rings. The molecule has 2 aromatic heterocycles. The fourth-order valence-electron chi connectivity index (χ4n) is 7.19. The molecule has 51 heavy (non-hydrogen) atoms. The largest absolute Gasteiger partial charge is 0.453 e. The van der Waals surface area contributed by atoms with Crippen LogP contribution >= 0.6 is 0 Å². The van der Waals surface area contributed by atoms with E-state index in [9.17, 15) is 9.59 Å². The molecule has 0 spiro atoms.